The number of carbonyl (C=O) groups excluding carboxylic acids is 2. The summed E-state index contributed by atoms with van der Waals surface area (Å²) in [6.45, 7) is 5.15. The van der Waals surface area contributed by atoms with E-state index in [-0.39, 0.29) is 36.7 Å². The Bertz CT molecular complexity index is 1100. The molecule has 0 saturated carbocycles. The molecule has 9 heteroatoms. The molecule has 1 amide bonds. The molecule has 0 aliphatic carbocycles. The van der Waals surface area contributed by atoms with Crippen molar-refractivity contribution >= 4 is 29.5 Å². The number of nitrogen functional groups attached to an aromatic ring is 1. The number of aromatic nitrogens is 3. The average Bonchev–Trinajstić information content (AvgIpc) is 2.73. The average molecular weight is 435 g/mol. The zero-order valence-electron chi connectivity index (χ0n) is 18.3. The second-order valence-corrected chi connectivity index (χ2v) is 7.40. The largest absolute Gasteiger partial charge is 0.457 e. The highest BCUT2D eigenvalue weighted by atomic mass is 16.5. The summed E-state index contributed by atoms with van der Waals surface area (Å²) in [5.41, 5.74) is 9.54. The van der Waals surface area contributed by atoms with Gasteiger partial charge >= 0.3 is 5.97 Å². The van der Waals surface area contributed by atoms with E-state index in [9.17, 15) is 9.59 Å². The lowest BCUT2D eigenvalue weighted by Crippen LogP contribution is -2.28. The lowest BCUT2D eigenvalue weighted by molar-refractivity contribution is -0.146. The Hall–Kier alpha value is -4.01. The monoisotopic (exact) mass is 434 g/mol. The summed E-state index contributed by atoms with van der Waals surface area (Å²) in [5, 5.41) is 5.88. The molecular weight excluding hydrogens is 408 g/mol. The lowest BCUT2D eigenvalue weighted by Gasteiger charge is -2.18. The van der Waals surface area contributed by atoms with Crippen molar-refractivity contribution in [1.82, 2.24) is 20.3 Å². The molecule has 1 atom stereocenters. The van der Waals surface area contributed by atoms with Gasteiger partial charge in [-0.15, -0.1) is 0 Å². The van der Waals surface area contributed by atoms with Gasteiger partial charge in [0.05, 0.1) is 12.5 Å². The van der Waals surface area contributed by atoms with Crippen LogP contribution >= 0.6 is 0 Å². The van der Waals surface area contributed by atoms with E-state index in [1.165, 1.54) is 6.92 Å². The summed E-state index contributed by atoms with van der Waals surface area (Å²) in [5.74, 6) is -0.253. The maximum atomic E-state index is 12.5. The van der Waals surface area contributed by atoms with Crippen LogP contribution in [0.1, 0.15) is 41.9 Å². The highest BCUT2D eigenvalue weighted by Gasteiger charge is 2.19. The SMILES string of the molecule is CC(=O)N[C@H](CC(=O)OCc1nc(N)nc(Nc2ccccc2C)n1)c1ccc(C)cc1. The summed E-state index contributed by atoms with van der Waals surface area (Å²) in [7, 11) is 0. The van der Waals surface area contributed by atoms with Crippen molar-refractivity contribution < 1.29 is 14.3 Å². The molecule has 1 aromatic heterocycles. The number of aryl methyl sites for hydroxylation is 2. The smallest absolute Gasteiger partial charge is 0.308 e. The van der Waals surface area contributed by atoms with Crippen LogP contribution in [0.4, 0.5) is 17.6 Å². The molecule has 2 aromatic carbocycles. The Balaban J connectivity index is 1.65. The Morgan fingerprint density at radius 1 is 1.03 bits per heavy atom. The van der Waals surface area contributed by atoms with Gasteiger partial charge in [-0.1, -0.05) is 48.0 Å². The fourth-order valence-electron chi connectivity index (χ4n) is 3.06. The second-order valence-electron chi connectivity index (χ2n) is 7.40. The molecular formula is C23H26N6O3. The standard InChI is InChI=1S/C23H26N6O3/c1-14-8-10-17(11-9-14)19(25-16(3)30)12-21(31)32-13-20-27-22(24)29-23(28-20)26-18-7-5-4-6-15(18)2/h4-11,19H,12-13H2,1-3H3,(H,25,30)(H3,24,26,27,28,29)/t19-/m1/s1. The number of rotatable bonds is 8. The number of carbonyl (C=O) groups is 2. The molecule has 0 radical (unpaired) electrons. The van der Waals surface area contributed by atoms with Gasteiger partial charge in [0.1, 0.15) is 0 Å². The van der Waals surface area contributed by atoms with Gasteiger partial charge < -0.3 is 21.1 Å². The van der Waals surface area contributed by atoms with Gasteiger partial charge in [0.25, 0.3) is 0 Å². The van der Waals surface area contributed by atoms with Crippen LogP contribution in [0.25, 0.3) is 0 Å². The van der Waals surface area contributed by atoms with E-state index >= 15 is 0 Å². The number of nitrogens with one attached hydrogen (secondary N) is 2. The molecule has 9 nitrogen and oxygen atoms in total. The Kier molecular flexibility index (Phi) is 7.33. The highest BCUT2D eigenvalue weighted by molar-refractivity contribution is 5.76. The number of esters is 1. The summed E-state index contributed by atoms with van der Waals surface area (Å²) < 4.78 is 5.34. The van der Waals surface area contributed by atoms with Crippen molar-refractivity contribution in [2.24, 2.45) is 0 Å². The molecule has 0 aliphatic heterocycles. The molecule has 0 saturated heterocycles. The van der Waals surface area contributed by atoms with E-state index in [1.54, 1.807) is 0 Å². The normalized spacial score (nSPS) is 11.5. The summed E-state index contributed by atoms with van der Waals surface area (Å²) in [6.07, 6.45) is -0.0302. The van der Waals surface area contributed by atoms with E-state index in [1.807, 2.05) is 62.4 Å². The number of amides is 1. The van der Waals surface area contributed by atoms with Crippen molar-refractivity contribution in [3.8, 4) is 0 Å². The van der Waals surface area contributed by atoms with Crippen LogP contribution in [0, 0.1) is 13.8 Å². The van der Waals surface area contributed by atoms with Crippen molar-refractivity contribution in [3.63, 3.8) is 0 Å². The maximum absolute atomic E-state index is 12.5. The van der Waals surface area contributed by atoms with E-state index in [0.29, 0.717) is 0 Å². The molecule has 166 valence electrons. The minimum atomic E-state index is -0.503. The highest BCUT2D eigenvalue weighted by Crippen LogP contribution is 2.20. The fraction of sp³-hybridized carbons (Fsp3) is 0.261. The zero-order chi connectivity index (χ0) is 23.1. The number of hydrogen-bond acceptors (Lipinski definition) is 8. The summed E-state index contributed by atoms with van der Waals surface area (Å²) in [6, 6.07) is 14.8. The van der Waals surface area contributed by atoms with Crippen molar-refractivity contribution in [2.45, 2.75) is 39.8 Å². The third kappa shape index (κ3) is 6.49. The predicted octanol–water partition coefficient (Wildman–Crippen LogP) is 3.12. The van der Waals surface area contributed by atoms with E-state index in [2.05, 4.69) is 25.6 Å². The Morgan fingerprint density at radius 3 is 2.44 bits per heavy atom. The molecule has 3 rings (SSSR count). The summed E-state index contributed by atoms with van der Waals surface area (Å²) in [4.78, 5) is 36.4. The lowest BCUT2D eigenvalue weighted by atomic mass is 10.0. The topological polar surface area (TPSA) is 132 Å². The number of hydrogen-bond donors (Lipinski definition) is 3. The minimum Gasteiger partial charge on any atom is -0.457 e. The number of para-hydroxylation sites is 1. The zero-order valence-corrected chi connectivity index (χ0v) is 18.3. The quantitative estimate of drug-likeness (QED) is 0.461. The molecule has 0 fully saturated rings. The summed E-state index contributed by atoms with van der Waals surface area (Å²) >= 11 is 0. The molecule has 4 N–H and O–H groups in total. The molecule has 0 unspecified atom stereocenters. The maximum Gasteiger partial charge on any atom is 0.308 e. The molecule has 0 bridgehead atoms. The van der Waals surface area contributed by atoms with Gasteiger partial charge in [0.2, 0.25) is 17.8 Å². The minimum absolute atomic E-state index is 0.0120. The predicted molar refractivity (Wildman–Crippen MR) is 121 cm³/mol. The van der Waals surface area contributed by atoms with Crippen molar-refractivity contribution in [2.75, 3.05) is 11.1 Å². The molecule has 3 aromatic rings. The van der Waals surface area contributed by atoms with Crippen LogP contribution < -0.4 is 16.4 Å². The molecule has 32 heavy (non-hydrogen) atoms. The van der Waals surface area contributed by atoms with E-state index < -0.39 is 12.0 Å². The van der Waals surface area contributed by atoms with Crippen LogP contribution in [-0.2, 0) is 20.9 Å². The first-order chi connectivity index (χ1) is 15.3. The number of nitrogens with two attached hydrogens (primary N) is 1. The molecule has 0 aliphatic rings. The Morgan fingerprint density at radius 2 is 1.75 bits per heavy atom. The first-order valence-corrected chi connectivity index (χ1v) is 10.1. The van der Waals surface area contributed by atoms with Gasteiger partial charge in [0, 0.05) is 12.6 Å². The van der Waals surface area contributed by atoms with Crippen molar-refractivity contribution in [3.05, 3.63) is 71.0 Å². The number of nitrogens with zero attached hydrogens (tertiary/aromatic N) is 3. The van der Waals surface area contributed by atoms with Crippen LogP contribution in [0.15, 0.2) is 48.5 Å². The molecule has 0 spiro atoms. The number of anilines is 3. The van der Waals surface area contributed by atoms with Crippen LogP contribution in [-0.4, -0.2) is 26.8 Å². The number of ether oxygens (including phenoxy) is 1. The first-order valence-electron chi connectivity index (χ1n) is 10.1. The third-order valence-corrected chi connectivity index (χ3v) is 4.68. The van der Waals surface area contributed by atoms with Gasteiger partial charge in [-0.05, 0) is 31.0 Å². The third-order valence-electron chi connectivity index (χ3n) is 4.68. The second kappa shape index (κ2) is 10.3. The fourth-order valence-corrected chi connectivity index (χ4v) is 3.06. The van der Waals surface area contributed by atoms with Gasteiger partial charge in [-0.2, -0.15) is 15.0 Å². The van der Waals surface area contributed by atoms with Crippen LogP contribution in [0.3, 0.4) is 0 Å². The van der Waals surface area contributed by atoms with E-state index in [0.717, 1.165) is 22.4 Å². The van der Waals surface area contributed by atoms with Crippen molar-refractivity contribution in [1.29, 1.82) is 0 Å². The Labute approximate surface area is 186 Å². The van der Waals surface area contributed by atoms with Gasteiger partial charge in [0.15, 0.2) is 12.4 Å². The van der Waals surface area contributed by atoms with Gasteiger partial charge in [-0.3, -0.25) is 9.59 Å². The number of benzene rings is 2. The van der Waals surface area contributed by atoms with Crippen LogP contribution in [0.2, 0.25) is 0 Å². The van der Waals surface area contributed by atoms with Gasteiger partial charge in [-0.25, -0.2) is 0 Å². The van der Waals surface area contributed by atoms with E-state index in [4.69, 9.17) is 10.5 Å². The first kappa shape index (κ1) is 22.7. The van der Waals surface area contributed by atoms with Crippen LogP contribution in [0.5, 0.6) is 0 Å². The molecule has 1 heterocycles.